The summed E-state index contributed by atoms with van der Waals surface area (Å²) in [6.45, 7) is 4.70. The van der Waals surface area contributed by atoms with Gasteiger partial charge in [-0.2, -0.15) is 0 Å². The lowest BCUT2D eigenvalue weighted by molar-refractivity contribution is 0.0954. The van der Waals surface area contributed by atoms with Gasteiger partial charge in [-0.1, -0.05) is 36.8 Å². The molecule has 0 heterocycles. The van der Waals surface area contributed by atoms with Gasteiger partial charge in [-0.3, -0.25) is 4.79 Å². The van der Waals surface area contributed by atoms with Crippen LogP contribution in [0.15, 0.2) is 48.5 Å². The molecule has 0 unspecified atom stereocenters. The molecule has 0 saturated heterocycles. The first-order valence-corrected chi connectivity index (χ1v) is 8.03. The SMILES string of the molecule is CCCNC(=O)c1ccccc1NC(=S)Nc1ccc(C)cc1. The van der Waals surface area contributed by atoms with Crippen molar-refractivity contribution in [2.45, 2.75) is 20.3 Å². The van der Waals surface area contributed by atoms with E-state index in [1.807, 2.05) is 56.3 Å². The van der Waals surface area contributed by atoms with E-state index in [2.05, 4.69) is 16.0 Å². The van der Waals surface area contributed by atoms with Gasteiger partial charge in [-0.25, -0.2) is 0 Å². The minimum absolute atomic E-state index is 0.104. The van der Waals surface area contributed by atoms with E-state index in [0.717, 1.165) is 12.1 Å². The lowest BCUT2D eigenvalue weighted by Crippen LogP contribution is -2.26. The topological polar surface area (TPSA) is 53.2 Å². The Morgan fingerprint density at radius 3 is 2.43 bits per heavy atom. The molecular weight excluding hydrogens is 306 g/mol. The van der Waals surface area contributed by atoms with E-state index in [4.69, 9.17) is 12.2 Å². The Kier molecular flexibility index (Phi) is 6.11. The second-order valence-corrected chi connectivity index (χ2v) is 5.65. The summed E-state index contributed by atoms with van der Waals surface area (Å²) in [5, 5.41) is 9.53. The molecule has 0 aliphatic heterocycles. The maximum absolute atomic E-state index is 12.2. The molecule has 0 radical (unpaired) electrons. The van der Waals surface area contributed by atoms with Crippen molar-refractivity contribution >= 4 is 34.6 Å². The fraction of sp³-hybridized carbons (Fsp3) is 0.222. The van der Waals surface area contributed by atoms with Crippen LogP contribution in [0.2, 0.25) is 0 Å². The minimum Gasteiger partial charge on any atom is -0.352 e. The quantitative estimate of drug-likeness (QED) is 0.728. The summed E-state index contributed by atoms with van der Waals surface area (Å²) in [5.74, 6) is -0.104. The van der Waals surface area contributed by atoms with Crippen molar-refractivity contribution in [3.8, 4) is 0 Å². The van der Waals surface area contributed by atoms with Crippen molar-refractivity contribution in [3.63, 3.8) is 0 Å². The van der Waals surface area contributed by atoms with Gasteiger partial charge < -0.3 is 16.0 Å². The highest BCUT2D eigenvalue weighted by atomic mass is 32.1. The Labute approximate surface area is 142 Å². The number of anilines is 2. The second-order valence-electron chi connectivity index (χ2n) is 5.25. The van der Waals surface area contributed by atoms with Gasteiger partial charge in [0.25, 0.3) is 5.91 Å². The van der Waals surface area contributed by atoms with E-state index in [9.17, 15) is 4.79 Å². The summed E-state index contributed by atoms with van der Waals surface area (Å²) in [4.78, 5) is 12.2. The van der Waals surface area contributed by atoms with E-state index in [1.165, 1.54) is 5.56 Å². The second kappa shape index (κ2) is 8.29. The van der Waals surface area contributed by atoms with Gasteiger partial charge in [0, 0.05) is 12.2 Å². The predicted octanol–water partition coefficient (Wildman–Crippen LogP) is 3.94. The lowest BCUT2D eigenvalue weighted by atomic mass is 10.1. The molecule has 23 heavy (non-hydrogen) atoms. The number of thiocarbonyl (C=S) groups is 1. The Bertz CT molecular complexity index is 683. The van der Waals surface area contributed by atoms with Gasteiger partial charge in [0.15, 0.2) is 5.11 Å². The first kappa shape index (κ1) is 17.0. The highest BCUT2D eigenvalue weighted by Crippen LogP contribution is 2.16. The van der Waals surface area contributed by atoms with Gasteiger partial charge in [0.1, 0.15) is 0 Å². The molecule has 0 aliphatic rings. The molecule has 5 heteroatoms. The fourth-order valence-corrected chi connectivity index (χ4v) is 2.27. The number of amides is 1. The largest absolute Gasteiger partial charge is 0.352 e. The van der Waals surface area contributed by atoms with Crippen LogP contribution in [0.5, 0.6) is 0 Å². The number of hydrogen-bond acceptors (Lipinski definition) is 2. The average molecular weight is 327 g/mol. The zero-order chi connectivity index (χ0) is 16.7. The fourth-order valence-electron chi connectivity index (χ4n) is 2.05. The van der Waals surface area contributed by atoms with E-state index >= 15 is 0 Å². The summed E-state index contributed by atoms with van der Waals surface area (Å²) in [6, 6.07) is 15.3. The zero-order valence-corrected chi connectivity index (χ0v) is 14.2. The maximum atomic E-state index is 12.2. The standard InChI is InChI=1S/C18H21N3OS/c1-3-12-19-17(22)15-6-4-5-7-16(15)21-18(23)20-14-10-8-13(2)9-11-14/h4-11H,3,12H2,1-2H3,(H,19,22)(H2,20,21,23). The highest BCUT2D eigenvalue weighted by molar-refractivity contribution is 7.80. The van der Waals surface area contributed by atoms with Gasteiger partial charge in [0.2, 0.25) is 0 Å². The van der Waals surface area contributed by atoms with E-state index in [1.54, 1.807) is 6.07 Å². The molecular formula is C18H21N3OS. The molecule has 2 aromatic carbocycles. The van der Waals surface area contributed by atoms with Gasteiger partial charge >= 0.3 is 0 Å². The Morgan fingerprint density at radius 2 is 1.74 bits per heavy atom. The summed E-state index contributed by atoms with van der Waals surface area (Å²) in [6.07, 6.45) is 0.898. The summed E-state index contributed by atoms with van der Waals surface area (Å²) < 4.78 is 0. The van der Waals surface area contributed by atoms with Crippen molar-refractivity contribution in [2.75, 3.05) is 17.2 Å². The number of benzene rings is 2. The minimum atomic E-state index is -0.104. The van der Waals surface area contributed by atoms with Crippen LogP contribution in [-0.2, 0) is 0 Å². The molecule has 0 aromatic heterocycles. The molecule has 0 saturated carbocycles. The van der Waals surface area contributed by atoms with Crippen molar-refractivity contribution in [3.05, 3.63) is 59.7 Å². The number of rotatable bonds is 5. The molecule has 0 spiro atoms. The number of carbonyl (C=O) groups excluding carboxylic acids is 1. The van der Waals surface area contributed by atoms with Crippen molar-refractivity contribution in [1.29, 1.82) is 0 Å². The van der Waals surface area contributed by atoms with E-state index < -0.39 is 0 Å². The van der Waals surface area contributed by atoms with Gasteiger partial charge in [-0.15, -0.1) is 0 Å². The molecule has 0 fully saturated rings. The maximum Gasteiger partial charge on any atom is 0.253 e. The number of aryl methyl sites for hydroxylation is 1. The number of nitrogens with one attached hydrogen (secondary N) is 3. The first-order valence-electron chi connectivity index (χ1n) is 7.62. The van der Waals surface area contributed by atoms with Crippen LogP contribution in [0.1, 0.15) is 29.3 Å². The van der Waals surface area contributed by atoms with E-state index in [-0.39, 0.29) is 5.91 Å². The van der Waals surface area contributed by atoms with Crippen molar-refractivity contribution in [1.82, 2.24) is 5.32 Å². The van der Waals surface area contributed by atoms with Crippen LogP contribution in [-0.4, -0.2) is 17.6 Å². The van der Waals surface area contributed by atoms with Crippen LogP contribution in [0.25, 0.3) is 0 Å². The van der Waals surface area contributed by atoms with Crippen LogP contribution in [0.4, 0.5) is 11.4 Å². The Balaban J connectivity index is 2.05. The van der Waals surface area contributed by atoms with Gasteiger partial charge in [-0.05, 0) is 49.8 Å². The number of carbonyl (C=O) groups is 1. The summed E-state index contributed by atoms with van der Waals surface area (Å²) in [5.41, 5.74) is 3.35. The smallest absolute Gasteiger partial charge is 0.253 e. The van der Waals surface area contributed by atoms with Crippen molar-refractivity contribution < 1.29 is 4.79 Å². The summed E-state index contributed by atoms with van der Waals surface area (Å²) >= 11 is 5.33. The van der Waals surface area contributed by atoms with Crippen LogP contribution < -0.4 is 16.0 Å². The third-order valence-electron chi connectivity index (χ3n) is 3.26. The zero-order valence-electron chi connectivity index (χ0n) is 13.3. The number of hydrogen-bond donors (Lipinski definition) is 3. The number of para-hydroxylation sites is 1. The van der Waals surface area contributed by atoms with E-state index in [0.29, 0.717) is 22.9 Å². The highest BCUT2D eigenvalue weighted by Gasteiger charge is 2.11. The third kappa shape index (κ3) is 5.07. The summed E-state index contributed by atoms with van der Waals surface area (Å²) in [7, 11) is 0. The average Bonchev–Trinajstić information content (AvgIpc) is 2.55. The lowest BCUT2D eigenvalue weighted by Gasteiger charge is -2.14. The Hall–Kier alpha value is -2.40. The Morgan fingerprint density at radius 1 is 1.04 bits per heavy atom. The molecule has 2 rings (SSSR count). The third-order valence-corrected chi connectivity index (χ3v) is 3.47. The molecule has 120 valence electrons. The normalized spacial score (nSPS) is 10.0. The van der Waals surface area contributed by atoms with Crippen molar-refractivity contribution in [2.24, 2.45) is 0 Å². The van der Waals surface area contributed by atoms with Crippen LogP contribution in [0, 0.1) is 6.92 Å². The van der Waals surface area contributed by atoms with Crippen LogP contribution >= 0.6 is 12.2 Å². The molecule has 1 amide bonds. The molecule has 4 nitrogen and oxygen atoms in total. The monoisotopic (exact) mass is 327 g/mol. The van der Waals surface area contributed by atoms with Crippen LogP contribution in [0.3, 0.4) is 0 Å². The molecule has 0 atom stereocenters. The molecule has 3 N–H and O–H groups in total. The molecule has 0 bridgehead atoms. The molecule has 0 aliphatic carbocycles. The predicted molar refractivity (Wildman–Crippen MR) is 100 cm³/mol. The van der Waals surface area contributed by atoms with Gasteiger partial charge in [0.05, 0.1) is 11.3 Å². The first-order chi connectivity index (χ1) is 11.1. The molecule has 2 aromatic rings.